The third kappa shape index (κ3) is 3.05. The largest absolute Gasteiger partial charge is 0.388 e. The Morgan fingerprint density at radius 3 is 2.83 bits per heavy atom. The SMILES string of the molecule is Cc1cc(CNc2cccc(C(N)=S)n2)sc1C. The van der Waals surface area contributed by atoms with E-state index in [-0.39, 0.29) is 0 Å². The third-order valence-corrected chi connectivity index (χ3v) is 4.02. The molecule has 3 N–H and O–H groups in total. The van der Waals surface area contributed by atoms with Gasteiger partial charge in [0.05, 0.1) is 12.2 Å². The van der Waals surface area contributed by atoms with E-state index in [2.05, 4.69) is 30.2 Å². The van der Waals surface area contributed by atoms with Crippen LogP contribution in [0.15, 0.2) is 24.3 Å². The van der Waals surface area contributed by atoms with Crippen molar-refractivity contribution in [2.45, 2.75) is 20.4 Å². The van der Waals surface area contributed by atoms with Crippen molar-refractivity contribution in [3.05, 3.63) is 45.3 Å². The quantitative estimate of drug-likeness (QED) is 0.844. The van der Waals surface area contributed by atoms with Gasteiger partial charge in [-0.2, -0.15) is 0 Å². The molecule has 0 saturated carbocycles. The molecule has 0 saturated heterocycles. The van der Waals surface area contributed by atoms with Gasteiger partial charge in [-0.25, -0.2) is 4.98 Å². The molecule has 3 nitrogen and oxygen atoms in total. The number of thiocarbonyl (C=S) groups is 1. The van der Waals surface area contributed by atoms with E-state index < -0.39 is 0 Å². The molecule has 0 aliphatic heterocycles. The van der Waals surface area contributed by atoms with Crippen LogP contribution in [0, 0.1) is 13.8 Å². The van der Waals surface area contributed by atoms with Crippen LogP contribution in [-0.4, -0.2) is 9.97 Å². The van der Waals surface area contributed by atoms with E-state index in [9.17, 15) is 0 Å². The number of anilines is 1. The van der Waals surface area contributed by atoms with Gasteiger partial charge in [0.1, 0.15) is 10.8 Å². The van der Waals surface area contributed by atoms with Gasteiger partial charge >= 0.3 is 0 Å². The number of nitrogens with one attached hydrogen (secondary N) is 1. The minimum atomic E-state index is 0.321. The second-order valence-corrected chi connectivity index (χ2v) is 5.86. The molecule has 2 aromatic rings. The van der Waals surface area contributed by atoms with Crippen LogP contribution >= 0.6 is 23.6 Å². The van der Waals surface area contributed by atoms with Crippen molar-refractivity contribution in [3.63, 3.8) is 0 Å². The zero-order chi connectivity index (χ0) is 13.1. The number of hydrogen-bond acceptors (Lipinski definition) is 4. The maximum atomic E-state index is 5.56. The van der Waals surface area contributed by atoms with Crippen LogP contribution in [-0.2, 0) is 6.54 Å². The average molecular weight is 277 g/mol. The molecule has 0 bridgehead atoms. The maximum absolute atomic E-state index is 5.56. The Balaban J connectivity index is 2.06. The second-order valence-electron chi connectivity index (χ2n) is 4.08. The van der Waals surface area contributed by atoms with Gasteiger partial charge < -0.3 is 11.1 Å². The number of nitrogens with zero attached hydrogens (tertiary/aromatic N) is 1. The van der Waals surface area contributed by atoms with Gasteiger partial charge in [-0.15, -0.1) is 11.3 Å². The van der Waals surface area contributed by atoms with Gasteiger partial charge in [-0.05, 0) is 37.6 Å². The first kappa shape index (κ1) is 13.0. The number of aryl methyl sites for hydroxylation is 2. The van der Waals surface area contributed by atoms with Crippen LogP contribution in [0.5, 0.6) is 0 Å². The van der Waals surface area contributed by atoms with Gasteiger partial charge in [-0.3, -0.25) is 0 Å². The molecule has 0 aliphatic carbocycles. The molecule has 0 aromatic carbocycles. The molecule has 0 aliphatic rings. The number of nitrogens with two attached hydrogens (primary N) is 1. The van der Waals surface area contributed by atoms with Gasteiger partial charge in [0.25, 0.3) is 0 Å². The van der Waals surface area contributed by atoms with E-state index in [1.807, 2.05) is 18.2 Å². The lowest BCUT2D eigenvalue weighted by Crippen LogP contribution is -2.12. The highest BCUT2D eigenvalue weighted by Gasteiger charge is 2.03. The summed E-state index contributed by atoms with van der Waals surface area (Å²) in [7, 11) is 0. The molecule has 18 heavy (non-hydrogen) atoms. The molecule has 0 radical (unpaired) electrons. The minimum absolute atomic E-state index is 0.321. The summed E-state index contributed by atoms with van der Waals surface area (Å²) < 4.78 is 0. The highest BCUT2D eigenvalue weighted by atomic mass is 32.1. The normalized spacial score (nSPS) is 10.3. The fourth-order valence-corrected chi connectivity index (χ4v) is 2.69. The average Bonchev–Trinajstić information content (AvgIpc) is 2.67. The van der Waals surface area contributed by atoms with E-state index in [0.717, 1.165) is 12.4 Å². The van der Waals surface area contributed by atoms with Crippen molar-refractivity contribution in [1.29, 1.82) is 0 Å². The summed E-state index contributed by atoms with van der Waals surface area (Å²) in [5.41, 5.74) is 7.54. The highest BCUT2D eigenvalue weighted by Crippen LogP contribution is 2.21. The fourth-order valence-electron chi connectivity index (χ4n) is 1.58. The molecular formula is C13H15N3S2. The van der Waals surface area contributed by atoms with Crippen molar-refractivity contribution in [1.82, 2.24) is 4.98 Å². The van der Waals surface area contributed by atoms with Crippen molar-refractivity contribution in [3.8, 4) is 0 Å². The maximum Gasteiger partial charge on any atom is 0.127 e. The van der Waals surface area contributed by atoms with Gasteiger partial charge in [0.15, 0.2) is 0 Å². The molecule has 0 atom stereocenters. The van der Waals surface area contributed by atoms with Gasteiger partial charge in [-0.1, -0.05) is 18.3 Å². The lowest BCUT2D eigenvalue weighted by Gasteiger charge is -2.05. The minimum Gasteiger partial charge on any atom is -0.388 e. The zero-order valence-electron chi connectivity index (χ0n) is 10.4. The van der Waals surface area contributed by atoms with Gasteiger partial charge in [0.2, 0.25) is 0 Å². The Kier molecular flexibility index (Phi) is 3.93. The Morgan fingerprint density at radius 2 is 2.22 bits per heavy atom. The summed E-state index contributed by atoms with van der Waals surface area (Å²) in [5.74, 6) is 0.795. The zero-order valence-corrected chi connectivity index (χ0v) is 12.0. The second kappa shape index (κ2) is 5.46. The molecule has 2 rings (SSSR count). The molecular weight excluding hydrogens is 262 g/mol. The van der Waals surface area contributed by atoms with Crippen LogP contribution in [0.4, 0.5) is 5.82 Å². The molecule has 0 unspecified atom stereocenters. The predicted octanol–water partition coefficient (Wildman–Crippen LogP) is 3.01. The predicted molar refractivity (Wildman–Crippen MR) is 81.2 cm³/mol. The first-order chi connectivity index (χ1) is 8.56. The van der Waals surface area contributed by atoms with Gasteiger partial charge in [0, 0.05) is 9.75 Å². The van der Waals surface area contributed by atoms with Crippen LogP contribution in [0.25, 0.3) is 0 Å². The summed E-state index contributed by atoms with van der Waals surface area (Å²) >= 11 is 6.71. The monoisotopic (exact) mass is 277 g/mol. The number of pyridine rings is 1. The van der Waals surface area contributed by atoms with Crippen LogP contribution in [0.3, 0.4) is 0 Å². The summed E-state index contributed by atoms with van der Waals surface area (Å²) in [5, 5.41) is 3.28. The summed E-state index contributed by atoms with van der Waals surface area (Å²) in [6, 6.07) is 7.82. The van der Waals surface area contributed by atoms with E-state index >= 15 is 0 Å². The Hall–Kier alpha value is -1.46. The van der Waals surface area contributed by atoms with Crippen molar-refractivity contribution in [2.75, 3.05) is 5.32 Å². The lowest BCUT2D eigenvalue weighted by molar-refractivity contribution is 1.13. The Labute approximate surface area is 116 Å². The Morgan fingerprint density at radius 1 is 1.44 bits per heavy atom. The molecule has 94 valence electrons. The van der Waals surface area contributed by atoms with E-state index in [1.165, 1.54) is 15.3 Å². The number of thiophene rings is 1. The number of rotatable bonds is 4. The molecule has 0 spiro atoms. The van der Waals surface area contributed by atoms with Crippen molar-refractivity contribution >= 4 is 34.4 Å². The smallest absolute Gasteiger partial charge is 0.127 e. The topological polar surface area (TPSA) is 50.9 Å². The van der Waals surface area contributed by atoms with E-state index in [0.29, 0.717) is 10.7 Å². The number of hydrogen-bond donors (Lipinski definition) is 2. The molecule has 5 heteroatoms. The summed E-state index contributed by atoms with van der Waals surface area (Å²) in [6.07, 6.45) is 0. The molecule has 2 aromatic heterocycles. The standard InChI is InChI=1S/C13H15N3S2/c1-8-6-10(18-9(8)2)7-15-12-5-3-4-11(16-12)13(14)17/h3-6H,7H2,1-2H3,(H2,14,17)(H,15,16). The lowest BCUT2D eigenvalue weighted by atomic mass is 10.3. The van der Waals surface area contributed by atoms with Crippen LogP contribution < -0.4 is 11.1 Å². The van der Waals surface area contributed by atoms with Crippen molar-refractivity contribution in [2.24, 2.45) is 5.73 Å². The first-order valence-corrected chi connectivity index (χ1v) is 6.85. The molecule has 2 heterocycles. The third-order valence-electron chi connectivity index (χ3n) is 2.66. The van der Waals surface area contributed by atoms with E-state index in [4.69, 9.17) is 18.0 Å². The Bertz CT molecular complexity index is 556. The molecule has 0 amide bonds. The van der Waals surface area contributed by atoms with Crippen LogP contribution in [0.2, 0.25) is 0 Å². The summed E-state index contributed by atoms with van der Waals surface area (Å²) in [6.45, 7) is 5.03. The van der Waals surface area contributed by atoms with Crippen LogP contribution in [0.1, 0.15) is 21.0 Å². The summed E-state index contributed by atoms with van der Waals surface area (Å²) in [4.78, 5) is 7.32. The highest BCUT2D eigenvalue weighted by molar-refractivity contribution is 7.80. The fraction of sp³-hybridized carbons (Fsp3) is 0.231. The van der Waals surface area contributed by atoms with E-state index in [1.54, 1.807) is 11.3 Å². The first-order valence-electron chi connectivity index (χ1n) is 5.63. The van der Waals surface area contributed by atoms with Crippen molar-refractivity contribution < 1.29 is 0 Å². The number of aromatic nitrogens is 1. The molecule has 0 fully saturated rings.